The Morgan fingerprint density at radius 3 is 2.21 bits per heavy atom. The molecule has 2 heterocycles. The number of aromatic nitrogens is 1. The molecule has 1 aliphatic rings. The fourth-order valence-electron chi connectivity index (χ4n) is 4.06. The van der Waals surface area contributed by atoms with Crippen molar-refractivity contribution in [3.05, 3.63) is 101 Å². The van der Waals surface area contributed by atoms with Gasteiger partial charge in [0, 0.05) is 29.3 Å². The minimum Gasteiger partial charge on any atom is -0.387 e. The van der Waals surface area contributed by atoms with Crippen molar-refractivity contribution in [1.29, 1.82) is 0 Å². The summed E-state index contributed by atoms with van der Waals surface area (Å²) in [4.78, 5) is 5.51. The van der Waals surface area contributed by atoms with Gasteiger partial charge < -0.3 is 9.40 Å². The summed E-state index contributed by atoms with van der Waals surface area (Å²) in [6.07, 6.45) is -7.45. The van der Waals surface area contributed by atoms with Crippen molar-refractivity contribution in [1.82, 2.24) is 4.57 Å². The van der Waals surface area contributed by atoms with Gasteiger partial charge in [0.15, 0.2) is 6.10 Å². The fourth-order valence-corrected chi connectivity index (χ4v) is 4.06. The van der Waals surface area contributed by atoms with Crippen molar-refractivity contribution in [3.8, 4) is 5.69 Å². The van der Waals surface area contributed by atoms with Gasteiger partial charge in [-0.05, 0) is 42.0 Å². The Balaban J connectivity index is 1.48. The van der Waals surface area contributed by atoms with E-state index in [2.05, 4.69) is 5.16 Å². The lowest BCUT2D eigenvalue weighted by Crippen LogP contribution is -2.06. The van der Waals surface area contributed by atoms with Crippen LogP contribution in [0.1, 0.15) is 34.8 Å². The molecule has 1 atom stereocenters. The Labute approximate surface area is 189 Å². The average molecular weight is 474 g/mol. The normalized spacial score (nSPS) is 16.5. The number of halogens is 6. The molecule has 0 bridgehead atoms. The summed E-state index contributed by atoms with van der Waals surface area (Å²) in [6, 6.07) is 17.0. The highest BCUT2D eigenvalue weighted by molar-refractivity contribution is 6.11. The highest BCUT2D eigenvalue weighted by Crippen LogP contribution is 2.36. The molecule has 1 aromatic heterocycles. The van der Waals surface area contributed by atoms with E-state index in [4.69, 9.17) is 4.84 Å². The van der Waals surface area contributed by atoms with Gasteiger partial charge in [-0.3, -0.25) is 0 Å². The molecule has 9 heteroatoms. The monoisotopic (exact) mass is 474 g/mol. The maximum absolute atomic E-state index is 13.2. The van der Waals surface area contributed by atoms with Crippen LogP contribution in [0, 0.1) is 0 Å². The van der Waals surface area contributed by atoms with E-state index in [1.54, 1.807) is 29.0 Å². The molecule has 0 saturated carbocycles. The summed E-state index contributed by atoms with van der Waals surface area (Å²) in [5, 5.41) is 4.92. The Morgan fingerprint density at radius 1 is 0.794 bits per heavy atom. The summed E-state index contributed by atoms with van der Waals surface area (Å²) in [5.74, 6) is 0. The van der Waals surface area contributed by atoms with Gasteiger partial charge >= 0.3 is 12.4 Å². The SMILES string of the molecule is FC(F)(F)c1ccc(C2CC(c3cn(-c4cccc(C(F)(F)F)c4)c4ccccc34)=NO2)cc1. The minimum absolute atomic E-state index is 0.308. The van der Waals surface area contributed by atoms with Crippen LogP contribution < -0.4 is 0 Å². The number of benzene rings is 3. The first-order chi connectivity index (χ1) is 16.1. The van der Waals surface area contributed by atoms with Crippen LogP contribution in [0.25, 0.3) is 16.6 Å². The standard InChI is InChI=1S/C25H16F6N2O/c26-24(27,28)16-10-8-15(9-11-16)23-13-21(32-34-23)20-14-33(22-7-2-1-6-19(20)22)18-5-3-4-17(12-18)25(29,30)31/h1-12,14,23H,13H2. The van der Waals surface area contributed by atoms with Crippen molar-refractivity contribution in [2.75, 3.05) is 0 Å². The molecule has 4 aromatic rings. The van der Waals surface area contributed by atoms with Gasteiger partial charge in [0.25, 0.3) is 0 Å². The van der Waals surface area contributed by atoms with E-state index in [0.29, 0.717) is 34.5 Å². The number of fused-ring (bicyclic) bond motifs is 1. The molecule has 3 nitrogen and oxygen atoms in total. The number of alkyl halides is 6. The number of para-hydroxylation sites is 1. The van der Waals surface area contributed by atoms with Gasteiger partial charge in [-0.15, -0.1) is 0 Å². The third-order valence-electron chi connectivity index (χ3n) is 5.75. The molecule has 1 unspecified atom stereocenters. The molecule has 0 spiro atoms. The topological polar surface area (TPSA) is 26.5 Å². The lowest BCUT2D eigenvalue weighted by Gasteiger charge is -2.11. The van der Waals surface area contributed by atoms with E-state index in [0.717, 1.165) is 29.7 Å². The predicted octanol–water partition coefficient (Wildman–Crippen LogP) is 7.53. The third kappa shape index (κ3) is 4.02. The molecular weight excluding hydrogens is 458 g/mol. The second kappa shape index (κ2) is 7.93. The summed E-state index contributed by atoms with van der Waals surface area (Å²) >= 11 is 0. The van der Waals surface area contributed by atoms with Crippen molar-refractivity contribution < 1.29 is 31.2 Å². The maximum atomic E-state index is 13.2. The van der Waals surface area contributed by atoms with E-state index < -0.39 is 29.6 Å². The molecule has 0 N–H and O–H groups in total. The molecule has 0 aliphatic carbocycles. The van der Waals surface area contributed by atoms with Gasteiger partial charge in [0.05, 0.1) is 22.4 Å². The van der Waals surface area contributed by atoms with Crippen LogP contribution in [-0.4, -0.2) is 10.3 Å². The van der Waals surface area contributed by atoms with Gasteiger partial charge in [-0.1, -0.05) is 41.6 Å². The lowest BCUT2D eigenvalue weighted by molar-refractivity contribution is -0.138. The van der Waals surface area contributed by atoms with Gasteiger partial charge in [0.1, 0.15) is 0 Å². The van der Waals surface area contributed by atoms with Crippen molar-refractivity contribution in [3.63, 3.8) is 0 Å². The molecule has 0 amide bonds. The third-order valence-corrected chi connectivity index (χ3v) is 5.75. The second-order valence-corrected chi connectivity index (χ2v) is 7.93. The van der Waals surface area contributed by atoms with Crippen molar-refractivity contribution in [2.24, 2.45) is 5.16 Å². The van der Waals surface area contributed by atoms with Crippen LogP contribution in [0.4, 0.5) is 26.3 Å². The zero-order chi connectivity index (χ0) is 24.1. The summed E-state index contributed by atoms with van der Waals surface area (Å²) in [6.45, 7) is 0. The van der Waals surface area contributed by atoms with Crippen LogP contribution >= 0.6 is 0 Å². The quantitative estimate of drug-likeness (QED) is 0.282. The Hall–Kier alpha value is -3.75. The van der Waals surface area contributed by atoms with Crippen molar-refractivity contribution >= 4 is 16.6 Å². The number of oxime groups is 1. The van der Waals surface area contributed by atoms with Gasteiger partial charge in [-0.2, -0.15) is 26.3 Å². The lowest BCUT2D eigenvalue weighted by atomic mass is 9.99. The first kappa shape index (κ1) is 22.1. The van der Waals surface area contributed by atoms with Crippen molar-refractivity contribution in [2.45, 2.75) is 24.9 Å². The average Bonchev–Trinajstić information content (AvgIpc) is 3.43. The zero-order valence-electron chi connectivity index (χ0n) is 17.4. The van der Waals surface area contributed by atoms with E-state index >= 15 is 0 Å². The Morgan fingerprint density at radius 2 is 1.50 bits per heavy atom. The van der Waals surface area contributed by atoms with Crippen LogP contribution in [0.3, 0.4) is 0 Å². The highest BCUT2D eigenvalue weighted by atomic mass is 19.4. The molecular formula is C25H16F6N2O. The highest BCUT2D eigenvalue weighted by Gasteiger charge is 2.32. The first-order valence-electron chi connectivity index (χ1n) is 10.3. The minimum atomic E-state index is -4.47. The fraction of sp³-hybridized carbons (Fsp3) is 0.160. The zero-order valence-corrected chi connectivity index (χ0v) is 17.4. The molecule has 174 valence electrons. The van der Waals surface area contributed by atoms with Crippen LogP contribution in [0.2, 0.25) is 0 Å². The molecule has 3 aromatic carbocycles. The molecule has 0 fully saturated rings. The van der Waals surface area contributed by atoms with Gasteiger partial charge in [-0.25, -0.2) is 0 Å². The molecule has 0 saturated heterocycles. The molecule has 1 aliphatic heterocycles. The Kier molecular flexibility index (Phi) is 5.15. The van der Waals surface area contributed by atoms with Crippen LogP contribution in [0.5, 0.6) is 0 Å². The molecule has 5 rings (SSSR count). The van der Waals surface area contributed by atoms with E-state index in [1.165, 1.54) is 18.2 Å². The Bertz CT molecular complexity index is 1380. The number of hydrogen-bond donors (Lipinski definition) is 0. The summed E-state index contributed by atoms with van der Waals surface area (Å²) in [5.41, 5.74) is 1.32. The van der Waals surface area contributed by atoms with Crippen LogP contribution in [-0.2, 0) is 17.2 Å². The summed E-state index contributed by atoms with van der Waals surface area (Å²) in [7, 11) is 0. The smallest absolute Gasteiger partial charge is 0.387 e. The first-order valence-corrected chi connectivity index (χ1v) is 10.3. The number of hydrogen-bond acceptors (Lipinski definition) is 2. The van der Waals surface area contributed by atoms with E-state index in [-0.39, 0.29) is 0 Å². The number of nitrogens with zero attached hydrogens (tertiary/aromatic N) is 2. The van der Waals surface area contributed by atoms with Gasteiger partial charge in [0.2, 0.25) is 0 Å². The second-order valence-electron chi connectivity index (χ2n) is 7.93. The van der Waals surface area contributed by atoms with E-state index in [9.17, 15) is 26.3 Å². The largest absolute Gasteiger partial charge is 0.416 e. The maximum Gasteiger partial charge on any atom is 0.416 e. The van der Waals surface area contributed by atoms with E-state index in [1.807, 2.05) is 12.1 Å². The molecule has 34 heavy (non-hydrogen) atoms. The predicted molar refractivity (Wildman–Crippen MR) is 115 cm³/mol. The molecule has 0 radical (unpaired) electrons. The number of rotatable bonds is 3. The van der Waals surface area contributed by atoms with Crippen LogP contribution in [0.15, 0.2) is 84.1 Å². The summed E-state index contributed by atoms with van der Waals surface area (Å²) < 4.78 is 79.9.